The SMILES string of the molecule is COc1ccc(-n2cc3[nH]c(=O)[nH]n3c2=O)cc1. The van der Waals surface area contributed by atoms with Crippen LogP contribution in [0.2, 0.25) is 0 Å². The van der Waals surface area contributed by atoms with Gasteiger partial charge in [-0.25, -0.2) is 14.7 Å². The van der Waals surface area contributed by atoms with E-state index in [-0.39, 0.29) is 5.69 Å². The standard InChI is InChI=1S/C11H10N4O3/c1-18-8-4-2-7(3-5-8)14-6-9-12-10(16)13-15(9)11(14)17/h2-6H,1H3,(H2,12,13,16). The van der Waals surface area contributed by atoms with E-state index >= 15 is 0 Å². The smallest absolute Gasteiger partial charge is 0.353 e. The number of nitrogens with zero attached hydrogens (tertiary/aromatic N) is 2. The number of rotatable bonds is 2. The van der Waals surface area contributed by atoms with Gasteiger partial charge in [0.2, 0.25) is 0 Å². The highest BCUT2D eigenvalue weighted by molar-refractivity contribution is 5.42. The first-order valence-corrected chi connectivity index (χ1v) is 5.26. The Morgan fingerprint density at radius 2 is 1.89 bits per heavy atom. The zero-order chi connectivity index (χ0) is 12.7. The molecule has 0 atom stereocenters. The lowest BCUT2D eigenvalue weighted by Gasteiger charge is -2.02. The van der Waals surface area contributed by atoms with Crippen molar-refractivity contribution in [3.8, 4) is 11.4 Å². The lowest BCUT2D eigenvalue weighted by Crippen LogP contribution is -2.21. The zero-order valence-corrected chi connectivity index (χ0v) is 9.51. The third-order valence-corrected chi connectivity index (χ3v) is 2.70. The topological polar surface area (TPSA) is 84.3 Å². The predicted octanol–water partition coefficient (Wildman–Crippen LogP) is 0.115. The first kappa shape index (κ1) is 10.5. The molecular weight excluding hydrogens is 236 g/mol. The summed E-state index contributed by atoms with van der Waals surface area (Å²) in [5, 5.41) is 2.39. The van der Waals surface area contributed by atoms with Crippen molar-refractivity contribution in [3.05, 3.63) is 51.4 Å². The molecule has 0 fully saturated rings. The second-order valence-corrected chi connectivity index (χ2v) is 3.77. The molecule has 2 N–H and O–H groups in total. The number of aromatic nitrogens is 4. The molecule has 2 heterocycles. The molecular formula is C11H10N4O3. The van der Waals surface area contributed by atoms with Crippen molar-refractivity contribution in [2.45, 2.75) is 0 Å². The summed E-state index contributed by atoms with van der Waals surface area (Å²) in [7, 11) is 1.58. The van der Waals surface area contributed by atoms with Crippen molar-refractivity contribution in [1.29, 1.82) is 0 Å². The Labute approximate surface area is 100 Å². The van der Waals surface area contributed by atoms with E-state index in [0.29, 0.717) is 17.1 Å². The fourth-order valence-electron chi connectivity index (χ4n) is 1.82. The molecule has 3 aromatic rings. The van der Waals surface area contributed by atoms with Gasteiger partial charge in [-0.15, -0.1) is 0 Å². The Morgan fingerprint density at radius 3 is 2.50 bits per heavy atom. The summed E-state index contributed by atoms with van der Waals surface area (Å²) in [4.78, 5) is 25.6. The second kappa shape index (κ2) is 3.66. The van der Waals surface area contributed by atoms with E-state index in [1.165, 1.54) is 4.57 Å². The molecule has 7 heteroatoms. The van der Waals surface area contributed by atoms with Crippen LogP contribution in [0.1, 0.15) is 0 Å². The van der Waals surface area contributed by atoms with Crippen LogP contribution in [0.15, 0.2) is 40.1 Å². The van der Waals surface area contributed by atoms with Crippen LogP contribution >= 0.6 is 0 Å². The van der Waals surface area contributed by atoms with Crippen molar-refractivity contribution in [2.24, 2.45) is 0 Å². The summed E-state index contributed by atoms with van der Waals surface area (Å²) in [6, 6.07) is 7.04. The molecule has 7 nitrogen and oxygen atoms in total. The molecule has 92 valence electrons. The van der Waals surface area contributed by atoms with Gasteiger partial charge in [0.1, 0.15) is 5.75 Å². The number of benzene rings is 1. The lowest BCUT2D eigenvalue weighted by atomic mass is 10.3. The average molecular weight is 246 g/mol. The molecule has 0 saturated heterocycles. The number of fused-ring (bicyclic) bond motifs is 1. The fraction of sp³-hybridized carbons (Fsp3) is 0.0909. The van der Waals surface area contributed by atoms with Crippen molar-refractivity contribution < 1.29 is 4.74 Å². The summed E-state index contributed by atoms with van der Waals surface area (Å²) in [5.41, 5.74) is 0.358. The van der Waals surface area contributed by atoms with E-state index in [0.717, 1.165) is 4.52 Å². The molecule has 0 amide bonds. The Balaban J connectivity index is 2.18. The number of hydrogen-bond acceptors (Lipinski definition) is 3. The predicted molar refractivity (Wildman–Crippen MR) is 64.5 cm³/mol. The van der Waals surface area contributed by atoms with Crippen LogP contribution in [0, 0.1) is 0 Å². The molecule has 0 bridgehead atoms. The Bertz CT molecular complexity index is 803. The maximum Gasteiger partial charge on any atom is 0.353 e. The monoisotopic (exact) mass is 246 g/mol. The highest BCUT2D eigenvalue weighted by Crippen LogP contribution is 2.13. The van der Waals surface area contributed by atoms with Gasteiger partial charge in [-0.05, 0) is 24.3 Å². The first-order valence-electron chi connectivity index (χ1n) is 5.26. The van der Waals surface area contributed by atoms with Crippen molar-refractivity contribution >= 4 is 5.65 Å². The molecule has 0 radical (unpaired) electrons. The second-order valence-electron chi connectivity index (χ2n) is 3.77. The van der Waals surface area contributed by atoms with Crippen molar-refractivity contribution in [3.63, 3.8) is 0 Å². The summed E-state index contributed by atoms with van der Waals surface area (Å²) < 4.78 is 7.64. The molecule has 1 aromatic carbocycles. The molecule has 0 aliphatic carbocycles. The molecule has 0 unspecified atom stereocenters. The molecule has 3 rings (SSSR count). The minimum Gasteiger partial charge on any atom is -0.497 e. The Morgan fingerprint density at radius 1 is 1.17 bits per heavy atom. The van der Waals surface area contributed by atoms with Crippen LogP contribution in [-0.4, -0.2) is 26.3 Å². The van der Waals surface area contributed by atoms with Crippen LogP contribution in [-0.2, 0) is 0 Å². The molecule has 0 aliphatic rings. The molecule has 0 saturated carbocycles. The summed E-state index contributed by atoms with van der Waals surface area (Å²) in [6.07, 6.45) is 1.56. The van der Waals surface area contributed by atoms with E-state index < -0.39 is 5.69 Å². The van der Waals surface area contributed by atoms with Gasteiger partial charge < -0.3 is 4.74 Å². The largest absolute Gasteiger partial charge is 0.497 e. The minimum atomic E-state index is -0.413. The van der Waals surface area contributed by atoms with E-state index in [1.807, 2.05) is 0 Å². The maximum atomic E-state index is 12.0. The van der Waals surface area contributed by atoms with Gasteiger partial charge >= 0.3 is 11.4 Å². The van der Waals surface area contributed by atoms with Crippen molar-refractivity contribution in [1.82, 2.24) is 19.2 Å². The third-order valence-electron chi connectivity index (χ3n) is 2.70. The van der Waals surface area contributed by atoms with Gasteiger partial charge in [-0.3, -0.25) is 9.55 Å². The molecule has 2 aromatic heterocycles. The number of methoxy groups -OCH3 is 1. The lowest BCUT2D eigenvalue weighted by molar-refractivity contribution is 0.414. The first-order chi connectivity index (χ1) is 8.69. The maximum absolute atomic E-state index is 12.0. The summed E-state index contributed by atoms with van der Waals surface area (Å²) in [6.45, 7) is 0. The van der Waals surface area contributed by atoms with E-state index in [4.69, 9.17) is 4.74 Å². The number of imidazole rings is 1. The van der Waals surface area contributed by atoms with E-state index in [9.17, 15) is 9.59 Å². The van der Waals surface area contributed by atoms with Crippen LogP contribution in [0.4, 0.5) is 0 Å². The number of aromatic amines is 2. The molecule has 0 spiro atoms. The van der Waals surface area contributed by atoms with E-state index in [1.54, 1.807) is 37.6 Å². The molecule has 0 aliphatic heterocycles. The normalized spacial score (nSPS) is 10.9. The summed E-state index contributed by atoms with van der Waals surface area (Å²) >= 11 is 0. The number of nitrogens with one attached hydrogen (secondary N) is 2. The van der Waals surface area contributed by atoms with Gasteiger partial charge in [-0.1, -0.05) is 0 Å². The Hall–Kier alpha value is -2.70. The Kier molecular flexibility index (Phi) is 2.12. The minimum absolute atomic E-state index is 0.339. The van der Waals surface area contributed by atoms with Crippen molar-refractivity contribution in [2.75, 3.05) is 7.11 Å². The average Bonchev–Trinajstić information content (AvgIpc) is 2.88. The highest BCUT2D eigenvalue weighted by Gasteiger charge is 2.08. The highest BCUT2D eigenvalue weighted by atomic mass is 16.5. The summed E-state index contributed by atoms with van der Waals surface area (Å²) in [5.74, 6) is 0.713. The third kappa shape index (κ3) is 1.45. The van der Waals surface area contributed by atoms with Crippen LogP contribution < -0.4 is 16.1 Å². The molecule has 18 heavy (non-hydrogen) atoms. The zero-order valence-electron chi connectivity index (χ0n) is 9.51. The van der Waals surface area contributed by atoms with Gasteiger partial charge in [0.05, 0.1) is 19.0 Å². The van der Waals surface area contributed by atoms with Gasteiger partial charge in [0.15, 0.2) is 5.65 Å². The number of H-pyrrole nitrogens is 2. The number of ether oxygens (including phenoxy) is 1. The quantitative estimate of drug-likeness (QED) is 0.673. The van der Waals surface area contributed by atoms with Crippen LogP contribution in [0.3, 0.4) is 0 Å². The van der Waals surface area contributed by atoms with Gasteiger partial charge in [-0.2, -0.15) is 4.52 Å². The van der Waals surface area contributed by atoms with Gasteiger partial charge in [0.25, 0.3) is 0 Å². The fourth-order valence-corrected chi connectivity index (χ4v) is 1.82. The van der Waals surface area contributed by atoms with Gasteiger partial charge in [0, 0.05) is 0 Å². The number of hydrogen-bond donors (Lipinski definition) is 2. The van der Waals surface area contributed by atoms with Crippen LogP contribution in [0.25, 0.3) is 11.3 Å². The van der Waals surface area contributed by atoms with Crippen LogP contribution in [0.5, 0.6) is 5.75 Å². The van der Waals surface area contributed by atoms with E-state index in [2.05, 4.69) is 10.1 Å².